The van der Waals surface area contributed by atoms with E-state index in [0.29, 0.717) is 40.6 Å². The smallest absolute Gasteiger partial charge is 0.325 e. The first-order chi connectivity index (χ1) is 22.3. The zero-order chi connectivity index (χ0) is 32.2. The average Bonchev–Trinajstić information content (AvgIpc) is 3.45. The van der Waals surface area contributed by atoms with Crippen LogP contribution < -0.4 is 25.4 Å². The Labute approximate surface area is 266 Å². The van der Waals surface area contributed by atoms with Gasteiger partial charge in [-0.15, -0.1) is 0 Å². The molecule has 0 radical (unpaired) electrons. The number of anilines is 4. The number of likely N-dealkylation sites (N-methyl/N-ethyl adjacent to an activating group) is 1. The molecular weight excluding hydrogens is 621 g/mol. The van der Waals surface area contributed by atoms with Crippen LogP contribution in [0.2, 0.25) is 0 Å². The highest BCUT2D eigenvalue weighted by Gasteiger charge is 2.17. The number of amides is 2. The Balaban J connectivity index is 1.12. The molecule has 6 rings (SSSR count). The number of urea groups is 1. The topological polar surface area (TPSA) is 117 Å². The molecule has 5 aromatic rings. The molecule has 1 aliphatic heterocycles. The fourth-order valence-electron chi connectivity index (χ4n) is 5.04. The summed E-state index contributed by atoms with van der Waals surface area (Å²) in [5, 5.41) is 8.92. The molecule has 0 atom stereocenters. The molecule has 0 saturated carbocycles. The van der Waals surface area contributed by atoms with Crippen molar-refractivity contribution in [2.75, 3.05) is 69.4 Å². The van der Waals surface area contributed by atoms with Gasteiger partial charge in [-0.25, -0.2) is 32.9 Å². The SMILES string of the molecule is COc1cc2c(Nc3ccc4nc(NC(=O)Nc5ccc(F)c(F)c5F)sc4c3)ncnc2cc1OCCCN1CCN(C)CC1. The number of carbonyl (C=O) groups is 1. The van der Waals surface area contributed by atoms with Gasteiger partial charge in [-0.05, 0) is 49.9 Å². The van der Waals surface area contributed by atoms with Gasteiger partial charge in [-0.2, -0.15) is 0 Å². The molecule has 1 aliphatic rings. The molecule has 0 spiro atoms. The number of thiazole rings is 1. The lowest BCUT2D eigenvalue weighted by Gasteiger charge is -2.32. The molecular formula is C31H31F3N8O3S. The number of carbonyl (C=O) groups excluding carboxylic acids is 1. The number of hydrogen-bond donors (Lipinski definition) is 3. The molecule has 15 heteroatoms. The average molecular weight is 653 g/mol. The largest absolute Gasteiger partial charge is 0.493 e. The molecule has 0 aliphatic carbocycles. The number of benzene rings is 3. The first kappa shape index (κ1) is 31.3. The van der Waals surface area contributed by atoms with Crippen LogP contribution in [0, 0.1) is 17.5 Å². The van der Waals surface area contributed by atoms with E-state index >= 15 is 0 Å². The van der Waals surface area contributed by atoms with Gasteiger partial charge in [0, 0.05) is 49.9 Å². The summed E-state index contributed by atoms with van der Waals surface area (Å²) in [6.07, 6.45) is 2.37. The molecule has 11 nitrogen and oxygen atoms in total. The molecule has 2 amide bonds. The summed E-state index contributed by atoms with van der Waals surface area (Å²) in [6.45, 7) is 5.83. The van der Waals surface area contributed by atoms with Crippen LogP contribution in [-0.2, 0) is 0 Å². The van der Waals surface area contributed by atoms with Crippen LogP contribution in [0.3, 0.4) is 0 Å². The van der Waals surface area contributed by atoms with Crippen LogP contribution in [0.5, 0.6) is 11.5 Å². The highest BCUT2D eigenvalue weighted by molar-refractivity contribution is 7.22. The van der Waals surface area contributed by atoms with E-state index in [1.54, 1.807) is 13.2 Å². The van der Waals surface area contributed by atoms with E-state index < -0.39 is 29.2 Å². The number of hydrogen-bond acceptors (Lipinski definition) is 10. The van der Waals surface area contributed by atoms with Gasteiger partial charge in [0.05, 0.1) is 35.1 Å². The second-order valence-electron chi connectivity index (χ2n) is 10.7. The van der Waals surface area contributed by atoms with Gasteiger partial charge in [0.15, 0.2) is 34.1 Å². The number of halogens is 3. The quantitative estimate of drug-likeness (QED) is 0.122. The molecule has 0 unspecified atom stereocenters. The molecule has 3 N–H and O–H groups in total. The van der Waals surface area contributed by atoms with E-state index in [9.17, 15) is 18.0 Å². The van der Waals surface area contributed by atoms with Crippen molar-refractivity contribution in [3.05, 3.63) is 66.2 Å². The summed E-state index contributed by atoms with van der Waals surface area (Å²) in [5.74, 6) is -2.78. The number of rotatable bonds is 10. The summed E-state index contributed by atoms with van der Waals surface area (Å²) in [7, 11) is 3.74. The van der Waals surface area contributed by atoms with Crippen LogP contribution in [0.1, 0.15) is 6.42 Å². The number of ether oxygens (including phenoxy) is 2. The van der Waals surface area contributed by atoms with Crippen molar-refractivity contribution in [3.63, 3.8) is 0 Å². The third-order valence-electron chi connectivity index (χ3n) is 7.55. The molecule has 3 aromatic carbocycles. The van der Waals surface area contributed by atoms with Crippen molar-refractivity contribution in [3.8, 4) is 11.5 Å². The van der Waals surface area contributed by atoms with Gasteiger partial charge in [0.1, 0.15) is 12.1 Å². The maximum absolute atomic E-state index is 13.9. The first-order valence-electron chi connectivity index (χ1n) is 14.5. The van der Waals surface area contributed by atoms with Gasteiger partial charge in [-0.1, -0.05) is 11.3 Å². The summed E-state index contributed by atoms with van der Waals surface area (Å²) >= 11 is 1.18. The van der Waals surface area contributed by atoms with Crippen molar-refractivity contribution in [2.24, 2.45) is 0 Å². The summed E-state index contributed by atoms with van der Waals surface area (Å²) in [5.41, 5.74) is 1.49. The zero-order valence-electron chi connectivity index (χ0n) is 25.1. The predicted octanol–water partition coefficient (Wildman–Crippen LogP) is 6.07. The molecule has 2 aromatic heterocycles. The van der Waals surface area contributed by atoms with Crippen molar-refractivity contribution >= 4 is 60.8 Å². The monoisotopic (exact) mass is 652 g/mol. The van der Waals surface area contributed by atoms with E-state index in [4.69, 9.17) is 9.47 Å². The Bertz CT molecular complexity index is 1880. The minimum absolute atomic E-state index is 0.223. The second-order valence-corrected chi connectivity index (χ2v) is 11.7. The number of piperazine rings is 1. The first-order valence-corrected chi connectivity index (χ1v) is 15.3. The maximum Gasteiger partial charge on any atom is 0.325 e. The lowest BCUT2D eigenvalue weighted by Crippen LogP contribution is -2.44. The van der Waals surface area contributed by atoms with Gasteiger partial charge < -0.3 is 29.9 Å². The van der Waals surface area contributed by atoms with E-state index in [1.807, 2.05) is 24.3 Å². The number of methoxy groups -OCH3 is 1. The molecule has 1 saturated heterocycles. The van der Waals surface area contributed by atoms with Crippen molar-refractivity contribution in [1.29, 1.82) is 0 Å². The Morgan fingerprint density at radius 2 is 1.78 bits per heavy atom. The second kappa shape index (κ2) is 13.7. The highest BCUT2D eigenvalue weighted by atomic mass is 32.1. The predicted molar refractivity (Wildman–Crippen MR) is 172 cm³/mol. The molecule has 3 heterocycles. The van der Waals surface area contributed by atoms with Gasteiger partial charge >= 0.3 is 6.03 Å². The van der Waals surface area contributed by atoms with E-state index in [2.05, 4.69) is 47.7 Å². The van der Waals surface area contributed by atoms with Gasteiger partial charge in [0.25, 0.3) is 0 Å². The van der Waals surface area contributed by atoms with Crippen molar-refractivity contribution in [1.82, 2.24) is 24.8 Å². The minimum atomic E-state index is -1.67. The summed E-state index contributed by atoms with van der Waals surface area (Å²) < 4.78 is 53.1. The van der Waals surface area contributed by atoms with Gasteiger partial charge in [0.2, 0.25) is 0 Å². The number of fused-ring (bicyclic) bond motifs is 2. The Kier molecular flexibility index (Phi) is 9.33. The van der Waals surface area contributed by atoms with Crippen molar-refractivity contribution < 1.29 is 27.4 Å². The highest BCUT2D eigenvalue weighted by Crippen LogP contribution is 2.36. The normalized spacial score (nSPS) is 14.0. The maximum atomic E-state index is 13.9. The summed E-state index contributed by atoms with van der Waals surface area (Å²) in [4.78, 5) is 30.4. The van der Waals surface area contributed by atoms with E-state index in [0.717, 1.165) is 61.4 Å². The van der Waals surface area contributed by atoms with Crippen LogP contribution >= 0.6 is 11.3 Å². The number of aromatic nitrogens is 3. The van der Waals surface area contributed by atoms with E-state index in [1.165, 1.54) is 17.7 Å². The molecule has 240 valence electrons. The van der Waals surface area contributed by atoms with Gasteiger partial charge in [-0.3, -0.25) is 5.32 Å². The van der Waals surface area contributed by atoms with E-state index in [-0.39, 0.29) is 5.13 Å². The lowest BCUT2D eigenvalue weighted by atomic mass is 10.2. The Morgan fingerprint density at radius 1 is 0.957 bits per heavy atom. The standard InChI is InChI=1S/C31H31F3N8O3S/c1-41-9-11-42(12-10-41)8-3-13-45-25-16-23-19(15-24(25)44-2)29(36-17-35-23)37-18-4-6-21-26(14-18)46-31(39-21)40-30(43)38-22-7-5-20(32)27(33)28(22)34/h4-7,14-17H,3,8-13H2,1-2H3,(H,35,36,37)(H2,38,39,40,43). The Hall–Kier alpha value is -4.73. The molecule has 0 bridgehead atoms. The van der Waals surface area contributed by atoms with Crippen LogP contribution in [-0.4, -0.2) is 84.3 Å². The van der Waals surface area contributed by atoms with Crippen LogP contribution in [0.4, 0.5) is 40.3 Å². The number of nitrogens with zero attached hydrogens (tertiary/aromatic N) is 5. The fourth-order valence-corrected chi connectivity index (χ4v) is 5.94. The minimum Gasteiger partial charge on any atom is -0.493 e. The van der Waals surface area contributed by atoms with Crippen LogP contribution in [0.15, 0.2) is 48.8 Å². The third-order valence-corrected chi connectivity index (χ3v) is 8.48. The number of nitrogens with one attached hydrogen (secondary N) is 3. The zero-order valence-corrected chi connectivity index (χ0v) is 25.9. The van der Waals surface area contributed by atoms with Crippen molar-refractivity contribution in [2.45, 2.75) is 6.42 Å². The fraction of sp³-hybridized carbons (Fsp3) is 0.290. The lowest BCUT2D eigenvalue weighted by molar-refractivity contribution is 0.145. The summed E-state index contributed by atoms with van der Waals surface area (Å²) in [6, 6.07) is 9.90. The molecule has 46 heavy (non-hydrogen) atoms. The van der Waals surface area contributed by atoms with Crippen LogP contribution in [0.25, 0.3) is 21.1 Å². The molecule has 1 fully saturated rings. The Morgan fingerprint density at radius 3 is 2.59 bits per heavy atom. The third kappa shape index (κ3) is 7.06.